The highest BCUT2D eigenvalue weighted by molar-refractivity contribution is 6.36. The minimum atomic E-state index is 0.914. The van der Waals surface area contributed by atoms with Crippen LogP contribution in [-0.4, -0.2) is 0 Å². The van der Waals surface area contributed by atoms with Crippen LogP contribution in [0.5, 0.6) is 0 Å². The third-order valence-corrected chi connectivity index (χ3v) is 11.0. The first-order chi connectivity index (χ1) is 26.8. The molecule has 0 aliphatic rings. The van der Waals surface area contributed by atoms with Gasteiger partial charge in [-0.05, 0) is 91.5 Å². The summed E-state index contributed by atoms with van der Waals surface area (Å²) >= 11 is 0. The number of furan rings is 1. The Kier molecular flexibility index (Phi) is 6.90. The minimum absolute atomic E-state index is 0.914. The number of hydrogen-bond donors (Lipinski definition) is 0. The Labute approximate surface area is 312 Å². The molecule has 54 heavy (non-hydrogen) atoms. The van der Waals surface area contributed by atoms with Crippen molar-refractivity contribution in [3.05, 3.63) is 200 Å². The van der Waals surface area contributed by atoms with Crippen molar-refractivity contribution in [1.29, 1.82) is 0 Å². The molecule has 0 atom stereocenters. The zero-order valence-corrected chi connectivity index (χ0v) is 29.4. The molecular weight excluding hydrogens is 655 g/mol. The van der Waals surface area contributed by atoms with Crippen LogP contribution in [0.2, 0.25) is 0 Å². The van der Waals surface area contributed by atoms with E-state index in [1.54, 1.807) is 0 Å². The van der Waals surface area contributed by atoms with Crippen LogP contribution in [0.1, 0.15) is 0 Å². The maximum Gasteiger partial charge on any atom is 0.136 e. The number of para-hydroxylation sites is 2. The normalized spacial score (nSPS) is 11.7. The average molecular weight is 688 g/mol. The number of hydrogen-bond acceptors (Lipinski definition) is 2. The molecule has 11 rings (SSSR count). The molecule has 0 amide bonds. The molecular formula is C52H33NO. The molecule has 0 unspecified atom stereocenters. The molecule has 0 aliphatic carbocycles. The Balaban J connectivity index is 1.20. The van der Waals surface area contributed by atoms with E-state index in [1.165, 1.54) is 70.7 Å². The Morgan fingerprint density at radius 2 is 0.852 bits per heavy atom. The van der Waals surface area contributed by atoms with E-state index in [0.29, 0.717) is 0 Å². The van der Waals surface area contributed by atoms with Gasteiger partial charge in [-0.25, -0.2) is 0 Å². The first-order valence-electron chi connectivity index (χ1n) is 18.5. The molecule has 1 heterocycles. The topological polar surface area (TPSA) is 16.4 Å². The van der Waals surface area contributed by atoms with Crippen molar-refractivity contribution in [2.75, 3.05) is 4.90 Å². The van der Waals surface area contributed by atoms with Gasteiger partial charge >= 0.3 is 0 Å². The van der Waals surface area contributed by atoms with Crippen molar-refractivity contribution >= 4 is 82.1 Å². The number of benzene rings is 10. The van der Waals surface area contributed by atoms with Crippen molar-refractivity contribution in [3.63, 3.8) is 0 Å². The van der Waals surface area contributed by atoms with E-state index in [2.05, 4.69) is 199 Å². The highest BCUT2D eigenvalue weighted by Gasteiger charge is 2.22. The zero-order chi connectivity index (χ0) is 35.6. The van der Waals surface area contributed by atoms with Crippen molar-refractivity contribution in [2.24, 2.45) is 0 Å². The Morgan fingerprint density at radius 3 is 1.69 bits per heavy atom. The molecule has 2 heteroatoms. The van der Waals surface area contributed by atoms with Gasteiger partial charge in [-0.1, -0.05) is 158 Å². The lowest BCUT2D eigenvalue weighted by atomic mass is 9.87. The molecule has 0 spiro atoms. The van der Waals surface area contributed by atoms with Crippen LogP contribution in [0.15, 0.2) is 205 Å². The van der Waals surface area contributed by atoms with Crippen LogP contribution in [-0.2, 0) is 0 Å². The molecule has 0 aliphatic heterocycles. The predicted molar refractivity (Wildman–Crippen MR) is 229 cm³/mol. The van der Waals surface area contributed by atoms with E-state index in [0.717, 1.165) is 33.6 Å². The van der Waals surface area contributed by atoms with Gasteiger partial charge in [0.15, 0.2) is 0 Å². The molecule has 0 saturated carbocycles. The lowest BCUT2D eigenvalue weighted by molar-refractivity contribution is 0.669. The second-order valence-corrected chi connectivity index (χ2v) is 14.0. The number of anilines is 3. The van der Waals surface area contributed by atoms with Gasteiger partial charge in [0.1, 0.15) is 11.2 Å². The van der Waals surface area contributed by atoms with Crippen LogP contribution in [0.3, 0.4) is 0 Å². The molecule has 0 N–H and O–H groups in total. The Bertz CT molecular complexity index is 3180. The summed E-state index contributed by atoms with van der Waals surface area (Å²) in [4.78, 5) is 2.44. The first-order valence-corrected chi connectivity index (χ1v) is 18.5. The molecule has 252 valence electrons. The molecule has 2 nitrogen and oxygen atoms in total. The van der Waals surface area contributed by atoms with Gasteiger partial charge in [-0.15, -0.1) is 0 Å². The molecule has 1 aromatic heterocycles. The smallest absolute Gasteiger partial charge is 0.136 e. The highest BCUT2D eigenvalue weighted by atomic mass is 16.3. The van der Waals surface area contributed by atoms with Crippen molar-refractivity contribution in [3.8, 4) is 22.3 Å². The van der Waals surface area contributed by atoms with E-state index in [4.69, 9.17) is 4.42 Å². The monoisotopic (exact) mass is 687 g/mol. The maximum absolute atomic E-state index is 6.40. The summed E-state index contributed by atoms with van der Waals surface area (Å²) in [5, 5.41) is 12.1. The maximum atomic E-state index is 6.40. The third-order valence-electron chi connectivity index (χ3n) is 11.0. The largest absolute Gasteiger partial charge is 0.456 e. The van der Waals surface area contributed by atoms with Gasteiger partial charge in [-0.3, -0.25) is 0 Å². The summed E-state index contributed by atoms with van der Waals surface area (Å²) in [5.74, 6) is 0. The van der Waals surface area contributed by atoms with Gasteiger partial charge in [0, 0.05) is 32.8 Å². The minimum Gasteiger partial charge on any atom is -0.456 e. The fourth-order valence-corrected chi connectivity index (χ4v) is 8.67. The standard InChI is InChI=1S/C52H33NO/c1-2-14-34(15-3-1)35-28-30-37(31-29-35)53(46-26-12-17-36-16-4-5-18-38(36)46)47-25-10-8-19-39(47)40-23-13-24-42-44-32-33-49-52(45-22-9-11-27-48(45)54-49)51(44)43-21-7-6-20-41(43)50(40)42/h1-33H. The van der Waals surface area contributed by atoms with Crippen LogP contribution >= 0.6 is 0 Å². The summed E-state index contributed by atoms with van der Waals surface area (Å²) in [6.07, 6.45) is 0. The van der Waals surface area contributed by atoms with Crippen LogP contribution in [0.25, 0.3) is 87.3 Å². The second-order valence-electron chi connectivity index (χ2n) is 14.0. The van der Waals surface area contributed by atoms with Crippen molar-refractivity contribution in [2.45, 2.75) is 0 Å². The summed E-state index contributed by atoms with van der Waals surface area (Å²) < 4.78 is 6.40. The summed E-state index contributed by atoms with van der Waals surface area (Å²) in [6.45, 7) is 0. The van der Waals surface area contributed by atoms with E-state index in [9.17, 15) is 0 Å². The van der Waals surface area contributed by atoms with E-state index in [-0.39, 0.29) is 0 Å². The quantitative estimate of drug-likeness (QED) is 0.168. The van der Waals surface area contributed by atoms with Gasteiger partial charge in [-0.2, -0.15) is 0 Å². The fourth-order valence-electron chi connectivity index (χ4n) is 8.67. The zero-order valence-electron chi connectivity index (χ0n) is 29.4. The third kappa shape index (κ3) is 4.67. The lowest BCUT2D eigenvalue weighted by Gasteiger charge is -2.29. The molecule has 0 saturated heterocycles. The summed E-state index contributed by atoms with van der Waals surface area (Å²) in [5.41, 5.74) is 9.95. The van der Waals surface area contributed by atoms with Gasteiger partial charge in [0.25, 0.3) is 0 Å². The molecule has 0 fully saturated rings. The first kappa shape index (κ1) is 30.5. The van der Waals surface area contributed by atoms with Crippen LogP contribution in [0.4, 0.5) is 17.1 Å². The van der Waals surface area contributed by atoms with Crippen LogP contribution < -0.4 is 4.90 Å². The Morgan fingerprint density at radius 1 is 0.296 bits per heavy atom. The molecule has 0 bridgehead atoms. The van der Waals surface area contributed by atoms with E-state index >= 15 is 0 Å². The number of fused-ring (bicyclic) bond motifs is 11. The Hall–Kier alpha value is -7.16. The van der Waals surface area contributed by atoms with Gasteiger partial charge in [0.05, 0.1) is 11.4 Å². The fraction of sp³-hybridized carbons (Fsp3) is 0. The van der Waals surface area contributed by atoms with Gasteiger partial charge < -0.3 is 9.32 Å². The van der Waals surface area contributed by atoms with E-state index < -0.39 is 0 Å². The molecule has 0 radical (unpaired) electrons. The predicted octanol–water partition coefficient (Wildman–Crippen LogP) is 15.0. The number of rotatable bonds is 5. The van der Waals surface area contributed by atoms with Crippen molar-refractivity contribution in [1.82, 2.24) is 0 Å². The van der Waals surface area contributed by atoms with Gasteiger partial charge in [0.2, 0.25) is 0 Å². The summed E-state index contributed by atoms with van der Waals surface area (Å²) in [6, 6.07) is 72.3. The van der Waals surface area contributed by atoms with Crippen molar-refractivity contribution < 1.29 is 4.42 Å². The van der Waals surface area contributed by atoms with Crippen LogP contribution in [0, 0.1) is 0 Å². The average Bonchev–Trinajstić information content (AvgIpc) is 3.63. The lowest BCUT2D eigenvalue weighted by Crippen LogP contribution is -2.11. The highest BCUT2D eigenvalue weighted by Crippen LogP contribution is 2.48. The number of nitrogens with zero attached hydrogens (tertiary/aromatic N) is 1. The SMILES string of the molecule is c1ccc(-c2ccc(N(c3ccccc3-c3cccc4c5ccc6oc7ccccc7c6c5c5ccccc5c34)c3cccc4ccccc34)cc2)cc1. The molecule has 10 aromatic carbocycles. The second kappa shape index (κ2) is 12.2. The summed E-state index contributed by atoms with van der Waals surface area (Å²) in [7, 11) is 0. The van der Waals surface area contributed by atoms with E-state index in [1.807, 2.05) is 6.07 Å². The molecule has 11 aromatic rings.